The van der Waals surface area contributed by atoms with Crippen LogP contribution in [-0.4, -0.2) is 33.9 Å². The molecule has 1 saturated heterocycles. The Balaban J connectivity index is 1.71. The second kappa shape index (κ2) is 8.92. The van der Waals surface area contributed by atoms with E-state index in [0.29, 0.717) is 21.5 Å². The maximum Gasteiger partial charge on any atom is 0.301 e. The number of anilines is 1. The van der Waals surface area contributed by atoms with Gasteiger partial charge in [-0.2, -0.15) is 0 Å². The number of rotatable bonds is 4. The molecule has 1 fully saturated rings. The average molecular weight is 530 g/mol. The zero-order valence-electron chi connectivity index (χ0n) is 17.8. The number of hydrogen-bond donors (Lipinski definition) is 1. The first-order valence-corrected chi connectivity index (χ1v) is 11.7. The highest BCUT2D eigenvalue weighted by molar-refractivity contribution is 7.22. The Morgan fingerprint density at radius 3 is 2.66 bits per heavy atom. The summed E-state index contributed by atoms with van der Waals surface area (Å²) in [5.41, 5.74) is 0.898. The van der Waals surface area contributed by atoms with E-state index in [9.17, 15) is 19.1 Å². The van der Waals surface area contributed by atoms with Crippen LogP contribution in [0, 0.1) is 5.82 Å². The number of ether oxygens (including phenoxy) is 1. The number of halogens is 3. The molecular weight excluding hydrogens is 516 g/mol. The van der Waals surface area contributed by atoms with Crippen LogP contribution in [0.1, 0.15) is 17.2 Å². The minimum Gasteiger partial charge on any atom is -0.507 e. The zero-order chi connectivity index (χ0) is 24.9. The molecule has 4 aromatic rings. The Labute approximate surface area is 212 Å². The molecule has 0 aliphatic carbocycles. The van der Waals surface area contributed by atoms with Gasteiger partial charge in [0.05, 0.1) is 39.0 Å². The fourth-order valence-corrected chi connectivity index (χ4v) is 5.28. The molecule has 1 unspecified atom stereocenters. The summed E-state index contributed by atoms with van der Waals surface area (Å²) >= 11 is 13.1. The lowest BCUT2D eigenvalue weighted by atomic mass is 9.96. The van der Waals surface area contributed by atoms with Gasteiger partial charge in [0.15, 0.2) is 5.13 Å². The first-order valence-electron chi connectivity index (χ1n) is 10.1. The van der Waals surface area contributed by atoms with Crippen molar-refractivity contribution in [1.29, 1.82) is 0 Å². The molecule has 1 aliphatic rings. The second-order valence-electron chi connectivity index (χ2n) is 7.54. The van der Waals surface area contributed by atoms with Gasteiger partial charge >= 0.3 is 5.91 Å². The van der Waals surface area contributed by atoms with Gasteiger partial charge < -0.3 is 9.84 Å². The largest absolute Gasteiger partial charge is 0.507 e. The number of carbonyl (C=O) groups is 2. The maximum absolute atomic E-state index is 14.0. The SMILES string of the molecule is COc1ccc(/C(O)=C2\C(=O)C(=O)N(c3nc4cc(Cl)c(F)cc4s3)C2c2cccnc2)cc1Cl. The van der Waals surface area contributed by atoms with Crippen LogP contribution in [0.5, 0.6) is 5.75 Å². The molecule has 1 amide bonds. The van der Waals surface area contributed by atoms with Crippen molar-refractivity contribution in [2.24, 2.45) is 0 Å². The van der Waals surface area contributed by atoms with Gasteiger partial charge in [-0.1, -0.05) is 40.6 Å². The molecule has 0 spiro atoms. The fourth-order valence-electron chi connectivity index (χ4n) is 3.87. The summed E-state index contributed by atoms with van der Waals surface area (Å²) in [5, 5.41) is 11.4. The van der Waals surface area contributed by atoms with Crippen molar-refractivity contribution >= 4 is 67.3 Å². The summed E-state index contributed by atoms with van der Waals surface area (Å²) < 4.78 is 19.6. The number of Topliss-reactive ketones (excluding diaryl/α,β-unsaturated/α-hetero) is 1. The Kier molecular flexibility index (Phi) is 5.92. The standard InChI is InChI=1S/C24H14Cl2FN3O4S/c1-34-17-5-4-11(7-14(17)26)21(31)19-20(12-3-2-6-28-10-12)30(23(33)22(19)32)24-29-16-8-13(25)15(27)9-18(16)35-24/h2-10,20,31H,1H3/b21-19+. The first kappa shape index (κ1) is 23.2. The quantitative estimate of drug-likeness (QED) is 0.205. The van der Waals surface area contributed by atoms with Crippen LogP contribution in [0.15, 0.2) is 60.4 Å². The van der Waals surface area contributed by atoms with E-state index in [4.69, 9.17) is 27.9 Å². The molecule has 7 nitrogen and oxygen atoms in total. The Morgan fingerprint density at radius 2 is 1.97 bits per heavy atom. The van der Waals surface area contributed by atoms with Gasteiger partial charge in [0.1, 0.15) is 17.3 Å². The monoisotopic (exact) mass is 529 g/mol. The number of methoxy groups -OCH3 is 1. The van der Waals surface area contributed by atoms with Gasteiger partial charge in [-0.25, -0.2) is 9.37 Å². The van der Waals surface area contributed by atoms with Crippen molar-refractivity contribution < 1.29 is 23.8 Å². The van der Waals surface area contributed by atoms with Crippen LogP contribution in [-0.2, 0) is 9.59 Å². The first-order chi connectivity index (χ1) is 16.8. The third kappa shape index (κ3) is 3.91. The Morgan fingerprint density at radius 1 is 1.17 bits per heavy atom. The molecule has 0 bridgehead atoms. The van der Waals surface area contributed by atoms with E-state index in [-0.39, 0.29) is 26.3 Å². The van der Waals surface area contributed by atoms with Gasteiger partial charge in [-0.05, 0) is 42.0 Å². The van der Waals surface area contributed by atoms with Gasteiger partial charge in [-0.3, -0.25) is 19.5 Å². The summed E-state index contributed by atoms with van der Waals surface area (Å²) in [5.74, 6) is -2.47. The number of nitrogens with zero attached hydrogens (tertiary/aromatic N) is 3. The summed E-state index contributed by atoms with van der Waals surface area (Å²) in [6.45, 7) is 0. The van der Waals surface area contributed by atoms with E-state index < -0.39 is 29.3 Å². The Bertz CT molecular complexity index is 1500. The maximum atomic E-state index is 14.0. The van der Waals surface area contributed by atoms with E-state index in [1.165, 1.54) is 42.5 Å². The van der Waals surface area contributed by atoms with Crippen LogP contribution in [0.2, 0.25) is 10.0 Å². The van der Waals surface area contributed by atoms with Crippen LogP contribution < -0.4 is 9.64 Å². The lowest BCUT2D eigenvalue weighted by Crippen LogP contribution is -2.29. The minimum atomic E-state index is -1.04. The number of aliphatic hydroxyl groups excluding tert-OH is 1. The van der Waals surface area contributed by atoms with Crippen molar-refractivity contribution in [2.75, 3.05) is 12.0 Å². The predicted octanol–water partition coefficient (Wildman–Crippen LogP) is 5.77. The molecule has 1 aliphatic heterocycles. The van der Waals surface area contributed by atoms with Gasteiger partial charge in [0.2, 0.25) is 0 Å². The Hall–Kier alpha value is -3.53. The number of carbonyl (C=O) groups excluding carboxylic acids is 2. The molecule has 1 atom stereocenters. The molecule has 11 heteroatoms. The molecule has 176 valence electrons. The van der Waals surface area contributed by atoms with Crippen molar-refractivity contribution in [1.82, 2.24) is 9.97 Å². The van der Waals surface area contributed by atoms with Crippen LogP contribution in [0.3, 0.4) is 0 Å². The highest BCUT2D eigenvalue weighted by Crippen LogP contribution is 2.44. The summed E-state index contributed by atoms with van der Waals surface area (Å²) in [6.07, 6.45) is 3.03. The molecular formula is C24H14Cl2FN3O4S. The highest BCUT2D eigenvalue weighted by Gasteiger charge is 2.48. The molecule has 0 radical (unpaired) electrons. The van der Waals surface area contributed by atoms with E-state index in [2.05, 4.69) is 9.97 Å². The highest BCUT2D eigenvalue weighted by atomic mass is 35.5. The molecule has 3 heterocycles. The number of ketones is 1. The third-order valence-corrected chi connectivity index (χ3v) is 7.10. The topological polar surface area (TPSA) is 92.6 Å². The zero-order valence-corrected chi connectivity index (χ0v) is 20.2. The third-order valence-electron chi connectivity index (χ3n) is 5.50. The summed E-state index contributed by atoms with van der Waals surface area (Å²) in [4.78, 5) is 36.2. The predicted molar refractivity (Wildman–Crippen MR) is 132 cm³/mol. The number of benzene rings is 2. The number of hydrogen-bond acceptors (Lipinski definition) is 7. The van der Waals surface area contributed by atoms with Crippen molar-refractivity contribution in [3.8, 4) is 5.75 Å². The number of aromatic nitrogens is 2. The van der Waals surface area contributed by atoms with E-state index >= 15 is 0 Å². The molecule has 2 aromatic carbocycles. The van der Waals surface area contributed by atoms with Crippen molar-refractivity contribution in [2.45, 2.75) is 6.04 Å². The van der Waals surface area contributed by atoms with Crippen molar-refractivity contribution in [3.05, 3.63) is 87.4 Å². The van der Waals surface area contributed by atoms with Crippen LogP contribution in [0.4, 0.5) is 9.52 Å². The van der Waals surface area contributed by atoms with Gasteiger partial charge in [0, 0.05) is 18.0 Å². The second-order valence-corrected chi connectivity index (χ2v) is 9.36. The number of pyridine rings is 1. The van der Waals surface area contributed by atoms with E-state index in [1.807, 2.05) is 0 Å². The number of aliphatic hydroxyl groups is 1. The normalized spacial score (nSPS) is 17.4. The minimum absolute atomic E-state index is 0.114. The number of thiazole rings is 1. The van der Waals surface area contributed by atoms with Gasteiger partial charge in [-0.15, -0.1) is 0 Å². The summed E-state index contributed by atoms with van der Waals surface area (Å²) in [7, 11) is 1.45. The molecule has 1 N–H and O–H groups in total. The van der Waals surface area contributed by atoms with Gasteiger partial charge in [0.25, 0.3) is 5.78 Å². The molecule has 0 saturated carbocycles. The number of amides is 1. The number of fused-ring (bicyclic) bond motifs is 1. The van der Waals surface area contributed by atoms with Crippen LogP contribution in [0.25, 0.3) is 16.0 Å². The van der Waals surface area contributed by atoms with Crippen molar-refractivity contribution in [3.63, 3.8) is 0 Å². The molecule has 2 aromatic heterocycles. The van der Waals surface area contributed by atoms with E-state index in [0.717, 1.165) is 11.3 Å². The average Bonchev–Trinajstić information content (AvgIpc) is 3.37. The van der Waals surface area contributed by atoms with Crippen LogP contribution >= 0.6 is 34.5 Å². The molecule has 5 rings (SSSR count). The lowest BCUT2D eigenvalue weighted by molar-refractivity contribution is -0.132. The lowest BCUT2D eigenvalue weighted by Gasteiger charge is -2.22. The van der Waals surface area contributed by atoms with E-state index in [1.54, 1.807) is 24.4 Å². The summed E-state index contributed by atoms with van der Waals surface area (Å²) in [6, 6.07) is 9.35. The smallest absolute Gasteiger partial charge is 0.301 e. The fraction of sp³-hybridized carbons (Fsp3) is 0.0833. The molecule has 35 heavy (non-hydrogen) atoms.